The normalized spacial score (nSPS) is 16.7. The molecule has 3 N–H and O–H groups in total. The fourth-order valence-electron chi connectivity index (χ4n) is 3.15. The van der Waals surface area contributed by atoms with Crippen LogP contribution in [0.4, 0.5) is 0 Å². The third-order valence-electron chi connectivity index (χ3n) is 4.95. The Balaban J connectivity index is 1.58. The van der Waals surface area contributed by atoms with Crippen LogP contribution in [0.3, 0.4) is 0 Å². The topological polar surface area (TPSA) is 132 Å². The molecule has 10 nitrogen and oxygen atoms in total. The molecule has 0 aliphatic carbocycles. The highest BCUT2D eigenvalue weighted by molar-refractivity contribution is 6.46. The Kier molecular flexibility index (Phi) is 7.54. The Morgan fingerprint density at radius 1 is 1.41 bits per heavy atom. The molecule has 1 aromatic carbocycles. The van der Waals surface area contributed by atoms with Crippen molar-refractivity contribution in [2.75, 3.05) is 6.79 Å². The lowest BCUT2D eigenvalue weighted by Gasteiger charge is -2.30. The van der Waals surface area contributed by atoms with Crippen molar-refractivity contribution in [2.24, 2.45) is 5.41 Å². The molecule has 1 aliphatic rings. The van der Waals surface area contributed by atoms with Gasteiger partial charge in [-0.25, -0.2) is 4.98 Å². The first-order chi connectivity index (χ1) is 15.1. The van der Waals surface area contributed by atoms with Crippen molar-refractivity contribution in [1.29, 1.82) is 0 Å². The summed E-state index contributed by atoms with van der Waals surface area (Å²) in [5.41, 5.74) is 0.298. The van der Waals surface area contributed by atoms with Gasteiger partial charge in [-0.05, 0) is 32.8 Å². The lowest BCUT2D eigenvalue weighted by atomic mass is 9.72. The summed E-state index contributed by atoms with van der Waals surface area (Å²) in [7, 11) is -1.30. The standard InChI is InChI=1S/C21H28BN3O7/c1-21(2,3)20(28)31-13-30-19(27)15-6-4-5-14-11-16(22(29)32-18(14)15)24-17(26)7-9-25-10-8-23-12-25/h4-6,8,10,12,16,19,27,29H,7,9,11,13H2,1-3H3,(H,24,26)/t16-,19?/m0/s1. The van der Waals surface area contributed by atoms with Gasteiger partial charge < -0.3 is 34.1 Å². The van der Waals surface area contributed by atoms with Crippen LogP contribution < -0.4 is 9.97 Å². The second-order valence-electron chi connectivity index (χ2n) is 8.59. The summed E-state index contributed by atoms with van der Waals surface area (Å²) in [5, 5.41) is 23.6. The van der Waals surface area contributed by atoms with Gasteiger partial charge in [0.1, 0.15) is 5.75 Å². The molecule has 0 saturated heterocycles. The number of hydrogen-bond donors (Lipinski definition) is 3. The number of para-hydroxylation sites is 1. The van der Waals surface area contributed by atoms with Gasteiger partial charge in [0.15, 0.2) is 13.1 Å². The third-order valence-corrected chi connectivity index (χ3v) is 4.95. The minimum atomic E-state index is -1.42. The highest BCUT2D eigenvalue weighted by Crippen LogP contribution is 2.34. The van der Waals surface area contributed by atoms with Crippen LogP contribution in [0.15, 0.2) is 36.9 Å². The number of benzene rings is 1. The third kappa shape index (κ3) is 6.09. The molecule has 0 radical (unpaired) electrons. The molecule has 2 atom stereocenters. The summed E-state index contributed by atoms with van der Waals surface area (Å²) in [6, 6.07) is 5.08. The molecule has 0 fully saturated rings. The van der Waals surface area contributed by atoms with E-state index in [1.165, 1.54) is 0 Å². The molecule has 0 spiro atoms. The maximum atomic E-state index is 12.3. The zero-order chi connectivity index (χ0) is 23.3. The molecule has 1 aliphatic heterocycles. The smallest absolute Gasteiger partial charge is 0.534 e. The maximum absolute atomic E-state index is 12.3. The number of hydrogen-bond acceptors (Lipinski definition) is 8. The van der Waals surface area contributed by atoms with Crippen LogP contribution >= 0.6 is 0 Å². The minimum absolute atomic E-state index is 0.227. The number of esters is 1. The van der Waals surface area contributed by atoms with E-state index < -0.39 is 37.5 Å². The van der Waals surface area contributed by atoms with Crippen molar-refractivity contribution in [3.8, 4) is 5.75 Å². The Morgan fingerprint density at radius 2 is 2.19 bits per heavy atom. The quantitative estimate of drug-likeness (QED) is 0.311. The summed E-state index contributed by atoms with van der Waals surface area (Å²) in [4.78, 5) is 28.0. The van der Waals surface area contributed by atoms with Crippen LogP contribution in [0.1, 0.15) is 44.6 Å². The van der Waals surface area contributed by atoms with Crippen molar-refractivity contribution >= 4 is 19.0 Å². The molecule has 1 unspecified atom stereocenters. The second-order valence-corrected chi connectivity index (χ2v) is 8.59. The van der Waals surface area contributed by atoms with E-state index in [-0.39, 0.29) is 18.1 Å². The number of fused-ring (bicyclic) bond motifs is 1. The summed E-state index contributed by atoms with van der Waals surface area (Å²) in [6.45, 7) is 5.17. The van der Waals surface area contributed by atoms with E-state index in [9.17, 15) is 19.7 Å². The van der Waals surface area contributed by atoms with E-state index in [0.717, 1.165) is 0 Å². The van der Waals surface area contributed by atoms with Gasteiger partial charge >= 0.3 is 13.1 Å². The first-order valence-electron chi connectivity index (χ1n) is 10.3. The highest BCUT2D eigenvalue weighted by Gasteiger charge is 2.37. The van der Waals surface area contributed by atoms with E-state index in [4.69, 9.17) is 14.1 Å². The number of rotatable bonds is 8. The molecule has 1 amide bonds. The van der Waals surface area contributed by atoms with Gasteiger partial charge in [-0.3, -0.25) is 9.59 Å². The van der Waals surface area contributed by atoms with Gasteiger partial charge in [0, 0.05) is 30.9 Å². The van der Waals surface area contributed by atoms with Crippen molar-refractivity contribution in [3.05, 3.63) is 48.0 Å². The molecule has 2 aromatic rings. The number of aryl methyl sites for hydroxylation is 1. The number of aromatic nitrogens is 2. The molecule has 2 heterocycles. The van der Waals surface area contributed by atoms with Gasteiger partial charge in [0.25, 0.3) is 0 Å². The van der Waals surface area contributed by atoms with Gasteiger partial charge in [-0.15, -0.1) is 0 Å². The number of nitrogens with zero attached hydrogens (tertiary/aromatic N) is 2. The molecule has 172 valence electrons. The van der Waals surface area contributed by atoms with E-state index in [2.05, 4.69) is 10.3 Å². The summed E-state index contributed by atoms with van der Waals surface area (Å²) in [6.07, 6.45) is 4.14. The van der Waals surface area contributed by atoms with Crippen LogP contribution in [0.5, 0.6) is 5.75 Å². The molecule has 0 bridgehead atoms. The van der Waals surface area contributed by atoms with E-state index >= 15 is 0 Å². The number of amides is 1. The number of aliphatic hydroxyl groups is 1. The fourth-order valence-corrected chi connectivity index (χ4v) is 3.15. The van der Waals surface area contributed by atoms with Crippen molar-refractivity contribution in [2.45, 2.75) is 52.4 Å². The first-order valence-corrected chi connectivity index (χ1v) is 10.3. The Morgan fingerprint density at radius 3 is 2.88 bits per heavy atom. The summed E-state index contributed by atoms with van der Waals surface area (Å²) < 4.78 is 17.6. The SMILES string of the molecule is CC(C)(C)C(=O)OCOC(O)c1cccc2c1OB(O)[C@@H](NC(=O)CCn1ccnc1)C2. The summed E-state index contributed by atoms with van der Waals surface area (Å²) >= 11 is 0. The number of carbonyl (C=O) groups is 2. The molecule has 32 heavy (non-hydrogen) atoms. The minimum Gasteiger partial charge on any atom is -0.534 e. The number of aliphatic hydroxyl groups excluding tert-OH is 1. The van der Waals surface area contributed by atoms with E-state index in [0.29, 0.717) is 24.1 Å². The van der Waals surface area contributed by atoms with E-state index in [1.807, 2.05) is 0 Å². The zero-order valence-corrected chi connectivity index (χ0v) is 18.4. The highest BCUT2D eigenvalue weighted by atomic mass is 16.7. The maximum Gasteiger partial charge on any atom is 0.547 e. The fraction of sp³-hybridized carbons (Fsp3) is 0.476. The Hall–Kier alpha value is -2.89. The number of carbonyl (C=O) groups excluding carboxylic acids is 2. The predicted octanol–water partition coefficient (Wildman–Crippen LogP) is 0.967. The van der Waals surface area contributed by atoms with Gasteiger partial charge in [-0.1, -0.05) is 18.2 Å². The zero-order valence-electron chi connectivity index (χ0n) is 18.4. The summed E-state index contributed by atoms with van der Waals surface area (Å²) in [5.74, 6) is -1.05. The van der Waals surface area contributed by atoms with Gasteiger partial charge in [0.05, 0.1) is 17.7 Å². The number of imidazole rings is 1. The molecule has 3 rings (SSSR count). The predicted molar refractivity (Wildman–Crippen MR) is 114 cm³/mol. The average molecular weight is 445 g/mol. The second kappa shape index (κ2) is 10.2. The first kappa shape index (κ1) is 23.8. The van der Waals surface area contributed by atoms with Crippen LogP contribution in [0.25, 0.3) is 0 Å². The van der Waals surface area contributed by atoms with Crippen LogP contribution in [0, 0.1) is 5.41 Å². The van der Waals surface area contributed by atoms with Gasteiger partial charge in [0.2, 0.25) is 5.91 Å². The van der Waals surface area contributed by atoms with Crippen molar-refractivity contribution < 1.29 is 33.8 Å². The number of ether oxygens (including phenoxy) is 2. The van der Waals surface area contributed by atoms with Crippen molar-refractivity contribution in [3.63, 3.8) is 0 Å². The average Bonchev–Trinajstić information content (AvgIpc) is 3.25. The van der Waals surface area contributed by atoms with E-state index in [1.54, 1.807) is 62.3 Å². The Labute approximate surface area is 186 Å². The lowest BCUT2D eigenvalue weighted by molar-refractivity contribution is -0.193. The lowest BCUT2D eigenvalue weighted by Crippen LogP contribution is -2.53. The molecular formula is C21H28BN3O7. The number of nitrogens with one attached hydrogen (secondary N) is 1. The van der Waals surface area contributed by atoms with Crippen LogP contribution in [0.2, 0.25) is 0 Å². The van der Waals surface area contributed by atoms with Gasteiger partial charge in [-0.2, -0.15) is 0 Å². The Bertz CT molecular complexity index is 930. The molecule has 1 aromatic heterocycles. The monoisotopic (exact) mass is 445 g/mol. The molecular weight excluding hydrogens is 417 g/mol. The van der Waals surface area contributed by atoms with Crippen molar-refractivity contribution in [1.82, 2.24) is 14.9 Å². The molecule has 11 heteroatoms. The van der Waals surface area contributed by atoms with Crippen LogP contribution in [-0.4, -0.2) is 51.4 Å². The largest absolute Gasteiger partial charge is 0.547 e. The molecule has 0 saturated carbocycles. The van der Waals surface area contributed by atoms with Crippen LogP contribution in [-0.2, 0) is 32.0 Å².